The van der Waals surface area contributed by atoms with Crippen molar-refractivity contribution in [1.29, 1.82) is 0 Å². The van der Waals surface area contributed by atoms with E-state index in [-0.39, 0.29) is 12.3 Å². The topological polar surface area (TPSA) is 555 Å². The zero-order valence-corrected chi connectivity index (χ0v) is 90.0. The zero-order valence-electron chi connectivity index (χ0n) is 82.9. The number of benzene rings is 1. The van der Waals surface area contributed by atoms with Crippen LogP contribution in [0.2, 0.25) is 0 Å². The van der Waals surface area contributed by atoms with Crippen molar-refractivity contribution in [3.05, 3.63) is 86.6 Å². The highest BCUT2D eigenvalue weighted by atomic mass is 31.2. The minimum atomic E-state index is -5.39. The lowest BCUT2D eigenvalue weighted by Crippen LogP contribution is -2.30. The predicted molar refractivity (Wildman–Crippen MR) is 489 cm³/mol. The van der Waals surface area contributed by atoms with Crippen LogP contribution < -0.4 is 51.5 Å². The number of hydrogen-bond acceptors (Lipinski definition) is 50. The van der Waals surface area contributed by atoms with Crippen LogP contribution in [0.25, 0.3) is 0 Å². The van der Waals surface area contributed by atoms with Crippen molar-refractivity contribution < 1.29 is 156 Å². The van der Waals surface area contributed by atoms with Crippen LogP contribution in [0, 0.1) is 0 Å². The second-order valence-electron chi connectivity index (χ2n) is 32.9. The summed E-state index contributed by atoms with van der Waals surface area (Å²) in [6.07, 6.45) is 8.18. The SMILES string of the molecule is C=CCN1CCN(C)C1.C=CCP(=O)(CC=C)OO[O-].C=CN1CCN(C)C1.CC1N(C)CCN1C.CC1N(C)CCN1C.CN1CCN(C)C1.CN1CCN(C)C1.CN1CCN(C)C1.CN1CCN(C)C1.CN1CCN(Cc2ccccc2)C1.CP(C)(=O)OO[O-].CP(C)(=O)OO[O-].CP(C)(=O)OO[O-].CP(C)(=O)OO[O-].CP(C)(=O)OO[O-].C[P+](=O)OO[O-].O=P([O-])([O-])[O-]. The Morgan fingerprint density at radius 1 is 0.344 bits per heavy atom. The van der Waals surface area contributed by atoms with Crippen LogP contribution in [0.4, 0.5) is 0 Å². The molecule has 1 aromatic rings. The summed E-state index contributed by atoms with van der Waals surface area (Å²) in [5.74, 6) is 0. The maximum Gasteiger partial charge on any atom is 0.535 e. The number of nitrogens with zero attached hydrogens (tertiary/aromatic N) is 18. The van der Waals surface area contributed by atoms with E-state index < -0.39 is 60.1 Å². The molecule has 9 saturated heterocycles. The van der Waals surface area contributed by atoms with E-state index in [0.717, 1.165) is 66.3 Å². The molecule has 50 nitrogen and oxygen atoms in total. The van der Waals surface area contributed by atoms with E-state index in [4.69, 9.17) is 50.8 Å². The van der Waals surface area contributed by atoms with Gasteiger partial charge < -0.3 is 60.9 Å². The molecule has 10 rings (SSSR count). The average molecular weight is 2050 g/mol. The third kappa shape index (κ3) is 105. The Morgan fingerprint density at radius 2 is 0.580 bits per heavy atom. The van der Waals surface area contributed by atoms with Crippen LogP contribution in [-0.2, 0) is 111 Å². The quantitative estimate of drug-likeness (QED) is 0.0503. The number of rotatable bonds is 23. The molecule has 9 aliphatic heterocycles. The van der Waals surface area contributed by atoms with E-state index in [1.807, 2.05) is 12.3 Å². The van der Waals surface area contributed by atoms with E-state index in [9.17, 15) is 37.2 Å². The van der Waals surface area contributed by atoms with Gasteiger partial charge in [-0.3, -0.25) is 141 Å². The summed E-state index contributed by atoms with van der Waals surface area (Å²) in [5.41, 5.74) is 1.41. The van der Waals surface area contributed by atoms with Crippen molar-refractivity contribution in [3.8, 4) is 0 Å². The summed E-state index contributed by atoms with van der Waals surface area (Å²) in [4.78, 5) is 67.4. The Morgan fingerprint density at radius 3 is 0.718 bits per heavy atom. The standard InChI is InChI=1S/C11H16N2.C7H14N2.2C6H14N2.C6H12N2.C6H11O4P.4C5H12N2.5C2H7O4P.CH3O4P.H3O4P/c1-12-7-8-13(10-12)9-11-5-3-2-4-6-11;1-3-4-9-6-5-8(2)7-9;2*1-6-7(2)4-5-8(6)3;1-3-8-5-4-7(2)6-8;1-3-5-11(8,6-4-2)10-9-7;4*1-6-3-4-7(2)5-6;5*1-7(2,4)6-5-3;1-6(3)5-4-2;1-5(2,3)4/h2-6H,7-10H2,1H3;3H,1,4-7H2,2H3;2*6H,4-5H2,1-3H3;3H,1,4-6H2,2H3;3-4,7H,1-2,5-6H2;4*3-5H2,1-2H3;5*3H,1-2H3;1H3;(H3,1,2,3,4)/p-9. The van der Waals surface area contributed by atoms with Crippen molar-refractivity contribution in [2.24, 2.45) is 0 Å². The molecule has 0 aliphatic carbocycles. The fourth-order valence-electron chi connectivity index (χ4n) is 10.4. The van der Waals surface area contributed by atoms with Crippen LogP contribution in [-0.4, -0.2) is 463 Å². The van der Waals surface area contributed by atoms with Crippen molar-refractivity contribution in [2.45, 2.75) is 32.7 Å². The third-order valence-electron chi connectivity index (χ3n) is 17.3. The van der Waals surface area contributed by atoms with Crippen LogP contribution in [0.15, 0.2) is 81.1 Å². The first-order chi connectivity index (χ1) is 60.3. The smallest absolute Gasteiger partial charge is 0.535 e. The molecule has 9 heterocycles. The van der Waals surface area contributed by atoms with Gasteiger partial charge in [0.05, 0.1) is 59.0 Å². The van der Waals surface area contributed by atoms with Crippen LogP contribution in [0.1, 0.15) is 19.4 Å². The number of phosphoric acid groups is 1. The first kappa shape index (κ1) is 142. The Bertz CT molecular complexity index is 3020. The summed E-state index contributed by atoms with van der Waals surface area (Å²) in [7, 11) is 8.44. The fraction of sp³-hybridized carbons (Fsp3) is 0.808. The number of allylic oxidation sites excluding steroid dienone is 2. The highest BCUT2D eigenvalue weighted by Gasteiger charge is 2.24. The molecule has 0 N–H and O–H groups in total. The molecule has 0 bridgehead atoms. The van der Waals surface area contributed by atoms with Gasteiger partial charge in [0.15, 0.2) is 6.66 Å². The molecule has 1 atom stereocenters. The molecule has 0 saturated carbocycles. The van der Waals surface area contributed by atoms with Crippen molar-refractivity contribution in [2.75, 3.05) is 362 Å². The maximum atomic E-state index is 11.3. The second kappa shape index (κ2) is 82.7. The van der Waals surface area contributed by atoms with Gasteiger partial charge in [0.2, 0.25) is 44.2 Å². The van der Waals surface area contributed by atoms with Gasteiger partial charge >= 0.3 is 8.03 Å². The van der Waals surface area contributed by atoms with E-state index in [2.05, 4.69) is 332 Å². The summed E-state index contributed by atoms with van der Waals surface area (Å²) < 4.78 is 107. The lowest BCUT2D eigenvalue weighted by atomic mass is 10.2. The summed E-state index contributed by atoms with van der Waals surface area (Å²) in [6, 6.07) is 10.7. The van der Waals surface area contributed by atoms with Gasteiger partial charge in [0, 0.05) is 215 Å². The van der Waals surface area contributed by atoms with Gasteiger partial charge in [-0.05, 0) is 136 Å². The molecule has 0 amide bonds. The van der Waals surface area contributed by atoms with Gasteiger partial charge in [-0.2, -0.15) is 35.9 Å². The van der Waals surface area contributed by atoms with Crippen LogP contribution in [0.5, 0.6) is 0 Å². The molecule has 9 aliphatic rings. The lowest BCUT2D eigenvalue weighted by molar-refractivity contribution is -0.780. The van der Waals surface area contributed by atoms with Gasteiger partial charge in [-0.25, -0.2) is 5.04 Å². The molecule has 0 spiro atoms. The normalized spacial score (nSPS) is 18.9. The van der Waals surface area contributed by atoms with Gasteiger partial charge in [0.1, 0.15) is 0 Å². The molecule has 0 radical (unpaired) electrons. The van der Waals surface area contributed by atoms with Crippen molar-refractivity contribution in [1.82, 2.24) is 88.2 Å². The first-order valence-electron chi connectivity index (χ1n) is 40.7. The van der Waals surface area contributed by atoms with E-state index in [0.29, 0.717) is 12.3 Å². The molecule has 784 valence electrons. The second-order valence-corrected chi connectivity index (χ2v) is 50.6. The summed E-state index contributed by atoms with van der Waals surface area (Å²) >= 11 is 0. The minimum Gasteiger partial charge on any atom is -0.822 e. The third-order valence-corrected chi connectivity index (χ3v) is 21.6. The summed E-state index contributed by atoms with van der Waals surface area (Å²) in [5, 5.41) is 84.0. The Kier molecular flexibility index (Phi) is 89.7. The Labute approximate surface area is 782 Å². The molecule has 0 aromatic heterocycles. The predicted octanol–water partition coefficient (Wildman–Crippen LogP) is -1.84. The zero-order chi connectivity index (χ0) is 103. The van der Waals surface area contributed by atoms with Gasteiger partial charge in [0.25, 0.3) is 0 Å². The molecule has 9 fully saturated rings. The molecular formula is C73H161N18O32P8-9. The Hall–Kier alpha value is -1.95. The highest BCUT2D eigenvalue weighted by Crippen LogP contribution is 2.46. The Balaban J connectivity index is -0.000000251. The molecular weight excluding hydrogens is 1890 g/mol. The van der Waals surface area contributed by atoms with Crippen LogP contribution >= 0.6 is 60.1 Å². The summed E-state index contributed by atoms with van der Waals surface area (Å²) in [6.45, 7) is 64.4. The average Bonchev–Trinajstić information content (AvgIpc) is 1.78. The molecule has 131 heavy (non-hydrogen) atoms. The van der Waals surface area contributed by atoms with E-state index >= 15 is 0 Å². The largest absolute Gasteiger partial charge is 0.822 e. The van der Waals surface area contributed by atoms with Gasteiger partial charge in [-0.1, -0.05) is 55.1 Å². The molecule has 58 heteroatoms. The van der Waals surface area contributed by atoms with E-state index in [1.165, 1.54) is 202 Å². The van der Waals surface area contributed by atoms with Crippen LogP contribution in [0.3, 0.4) is 0 Å². The minimum absolute atomic E-state index is 0.112. The highest BCUT2D eigenvalue weighted by molar-refractivity contribution is 7.59. The lowest BCUT2D eigenvalue weighted by Gasteiger charge is -2.36. The number of likely N-dealkylation sites (N-methyl/N-ethyl adjacent to an activating group) is 15. The molecule has 1 unspecified atom stereocenters. The monoisotopic (exact) mass is 2050 g/mol. The first-order valence-corrected chi connectivity index (χ1v) is 58.4. The number of hydrogen-bond donors (Lipinski definition) is 0. The molecule has 1 aromatic carbocycles. The van der Waals surface area contributed by atoms with Gasteiger partial charge in [-0.15, -0.1) is 19.7 Å². The maximum absolute atomic E-state index is 11.3. The van der Waals surface area contributed by atoms with Crippen molar-refractivity contribution in [3.63, 3.8) is 0 Å². The van der Waals surface area contributed by atoms with Crippen molar-refractivity contribution >= 4 is 60.1 Å². The fourth-order valence-corrected chi connectivity index (χ4v) is 12.4. The van der Waals surface area contributed by atoms with E-state index in [1.54, 1.807) is 0 Å².